The van der Waals surface area contributed by atoms with Crippen molar-refractivity contribution in [3.63, 3.8) is 0 Å². The number of hydrogen-bond acceptors (Lipinski definition) is 5. The quantitative estimate of drug-likeness (QED) is 0.128. The first-order valence-corrected chi connectivity index (χ1v) is 9.91. The molecule has 1 aliphatic rings. The number of hydrogen-bond donors (Lipinski definition) is 3. The Morgan fingerprint density at radius 3 is 2.70 bits per heavy atom. The molecule has 7 nitrogen and oxygen atoms in total. The minimum absolute atomic E-state index is 0.268. The number of benzene rings is 1. The first-order valence-electron chi connectivity index (χ1n) is 5.89. The first-order chi connectivity index (χ1) is 9.38. The van der Waals surface area contributed by atoms with Crippen molar-refractivity contribution in [2.24, 2.45) is 5.73 Å². The number of nitrogens with zero attached hydrogens (tertiary/aromatic N) is 1. The minimum atomic E-state index is -1.29. The Bertz CT molecular complexity index is 552. The van der Waals surface area contributed by atoms with E-state index >= 15 is 0 Å². The number of carboxylic acids is 1. The number of ketones is 1. The fourth-order valence-corrected chi connectivity index (χ4v) is 5.66. The Hall–Kier alpha value is -1.23. The zero-order chi connectivity index (χ0) is 14.9. The van der Waals surface area contributed by atoms with Crippen molar-refractivity contribution in [1.82, 2.24) is 3.22 Å². The van der Waals surface area contributed by atoms with Crippen molar-refractivity contribution < 1.29 is 14.7 Å². The van der Waals surface area contributed by atoms with Crippen LogP contribution in [0.5, 0.6) is 0 Å². The molecule has 1 aliphatic heterocycles. The molecule has 0 aliphatic carbocycles. The van der Waals surface area contributed by atoms with Gasteiger partial charge in [0.1, 0.15) is 0 Å². The van der Waals surface area contributed by atoms with Crippen molar-refractivity contribution in [3.05, 3.63) is 35.2 Å². The molecule has 8 heteroatoms. The molecule has 1 aromatic carbocycles. The van der Waals surface area contributed by atoms with Crippen LogP contribution in [0.1, 0.15) is 22.3 Å². The number of anilines is 1. The van der Waals surface area contributed by atoms with Gasteiger partial charge in [-0.15, -0.1) is 0 Å². The van der Waals surface area contributed by atoms with Gasteiger partial charge in [0, 0.05) is 0 Å². The summed E-state index contributed by atoms with van der Waals surface area (Å²) >= 11 is -1.29. The summed E-state index contributed by atoms with van der Waals surface area (Å²) in [7, 11) is 0. The van der Waals surface area contributed by atoms with E-state index in [1.54, 1.807) is 15.4 Å². The van der Waals surface area contributed by atoms with E-state index in [2.05, 4.69) is 0 Å². The van der Waals surface area contributed by atoms with Crippen LogP contribution in [-0.4, -0.2) is 30.7 Å². The monoisotopic (exact) mass is 391 g/mol. The van der Waals surface area contributed by atoms with E-state index in [9.17, 15) is 9.59 Å². The van der Waals surface area contributed by atoms with E-state index < -0.39 is 32.1 Å². The number of nitrogens with one attached hydrogen (secondary N) is 1. The molecule has 0 saturated carbocycles. The summed E-state index contributed by atoms with van der Waals surface area (Å²) in [5.74, 6) is 5.89. The van der Waals surface area contributed by atoms with Gasteiger partial charge in [-0.05, 0) is 0 Å². The van der Waals surface area contributed by atoms with Gasteiger partial charge in [0.2, 0.25) is 0 Å². The zero-order valence-corrected chi connectivity index (χ0v) is 12.8. The van der Waals surface area contributed by atoms with Crippen molar-refractivity contribution in [2.45, 2.75) is 16.9 Å². The molecule has 6 N–H and O–H groups in total. The molecule has 2 atom stereocenters. The van der Waals surface area contributed by atoms with Crippen LogP contribution in [0.25, 0.3) is 5.84 Å². The number of aliphatic carboxylic acids is 1. The van der Waals surface area contributed by atoms with E-state index in [-0.39, 0.29) is 12.2 Å². The number of alkyl halides is 2. The number of nitrogen functional groups attached to an aromatic ring is 1. The Labute approximate surface area is 123 Å². The van der Waals surface area contributed by atoms with E-state index in [0.717, 1.165) is 14.5 Å². The topological polar surface area (TPSA) is 133 Å². The third-order valence-electron chi connectivity index (χ3n) is 2.92. The molecule has 0 aromatic heterocycles. The van der Waals surface area contributed by atoms with Gasteiger partial charge in [-0.1, -0.05) is 0 Å². The molecule has 0 amide bonds. The summed E-state index contributed by atoms with van der Waals surface area (Å²) in [6.45, 7) is 0. The van der Waals surface area contributed by atoms with Crippen LogP contribution in [0.15, 0.2) is 18.2 Å². The van der Waals surface area contributed by atoms with Gasteiger partial charge >= 0.3 is 124 Å². The molecule has 1 unspecified atom stereocenters. The van der Waals surface area contributed by atoms with E-state index in [4.69, 9.17) is 22.4 Å². The van der Waals surface area contributed by atoms with Crippen LogP contribution in [0.4, 0.5) is 5.69 Å². The summed E-state index contributed by atoms with van der Waals surface area (Å²) in [5, 5.41) is 8.73. The van der Waals surface area contributed by atoms with Gasteiger partial charge in [-0.25, -0.2) is 0 Å². The molecule has 1 saturated heterocycles. The predicted octanol–water partition coefficient (Wildman–Crippen LogP) is 1.42. The Morgan fingerprint density at radius 1 is 1.50 bits per heavy atom. The number of halogens is 1. The van der Waals surface area contributed by atoms with Gasteiger partial charge in [0.25, 0.3) is 0 Å². The molecule has 1 heterocycles. The second-order valence-corrected chi connectivity index (χ2v) is 9.59. The van der Waals surface area contributed by atoms with Crippen molar-refractivity contribution in [1.29, 1.82) is 0 Å². The van der Waals surface area contributed by atoms with Crippen LogP contribution in [0, 0.1) is 0 Å². The molecule has 0 spiro atoms. The van der Waals surface area contributed by atoms with Gasteiger partial charge in [-0.3, -0.25) is 0 Å². The summed E-state index contributed by atoms with van der Waals surface area (Å²) < 4.78 is 3.32. The van der Waals surface area contributed by atoms with Crippen LogP contribution < -0.4 is 11.5 Å². The van der Waals surface area contributed by atoms with Crippen LogP contribution >= 0.6 is 20.1 Å². The number of Topliss-reactive ketones (excluding diaryl/α,β-unsaturated/α-hetero) is 1. The van der Waals surface area contributed by atoms with Crippen molar-refractivity contribution in [2.75, 3.05) is 10.3 Å². The maximum absolute atomic E-state index is 12.0. The molecule has 1 fully saturated rings. The zero-order valence-electron chi connectivity index (χ0n) is 10.7. The number of nitrogens with two attached hydrogens (primary N) is 2. The Kier molecular flexibility index (Phi) is 4.58. The van der Waals surface area contributed by atoms with E-state index in [0.29, 0.717) is 11.3 Å². The van der Waals surface area contributed by atoms with Gasteiger partial charge in [0.15, 0.2) is 0 Å². The van der Waals surface area contributed by atoms with Crippen molar-refractivity contribution in [3.8, 4) is 0 Å². The SMILES string of the molecule is [NH-]N1CI1Cc1ccc(N)c(C(=O)C[C@H](N)C(=O)O)c1. The Balaban J connectivity index is 2.11. The molecule has 20 heavy (non-hydrogen) atoms. The normalized spacial score (nSPS) is 20.5. The number of carbonyl (C=O) groups excluding carboxylic acids is 1. The Morgan fingerprint density at radius 2 is 2.15 bits per heavy atom. The van der Waals surface area contributed by atoms with Gasteiger partial charge < -0.3 is 0 Å². The number of carbonyl (C=O) groups is 2. The average molecular weight is 391 g/mol. The van der Waals surface area contributed by atoms with E-state index in [1.165, 1.54) is 0 Å². The van der Waals surface area contributed by atoms with Crippen LogP contribution in [-0.2, 0) is 9.22 Å². The molecule has 1 aromatic rings. The second-order valence-electron chi connectivity index (χ2n) is 4.54. The second kappa shape index (κ2) is 6.04. The standard InChI is InChI=1S/C12H16IN4O3/c14-9-2-1-7(5-13-6-17(13)16)3-8(9)11(18)4-10(15)12(19)20/h1-3,10,16H,4-6,14-15H2,(H,19,20)/q-1/t10-,17?/m0/s1. The third-order valence-corrected chi connectivity index (χ3v) is 7.35. The van der Waals surface area contributed by atoms with Crippen molar-refractivity contribution >= 4 is 37.5 Å². The molecule has 0 bridgehead atoms. The summed E-state index contributed by atoms with van der Waals surface area (Å²) in [4.78, 5) is 22.7. The van der Waals surface area contributed by atoms with Crippen LogP contribution in [0.2, 0.25) is 0 Å². The average Bonchev–Trinajstić information content (AvgIpc) is 3.07. The fraction of sp³-hybridized carbons (Fsp3) is 0.333. The number of carboxylic acid groups (broad SMARTS) is 1. The van der Waals surface area contributed by atoms with E-state index in [1.807, 2.05) is 6.07 Å². The molecule has 110 valence electrons. The first kappa shape index (κ1) is 15.2. The third kappa shape index (κ3) is 3.66. The molecule has 2 rings (SSSR count). The molecule has 0 radical (unpaired) electrons. The predicted molar refractivity (Wildman–Crippen MR) is 84.2 cm³/mol. The number of rotatable bonds is 6. The summed E-state index contributed by atoms with van der Waals surface area (Å²) in [5.41, 5.74) is 12.8. The van der Waals surface area contributed by atoms with Gasteiger partial charge in [-0.2, -0.15) is 0 Å². The summed E-state index contributed by atoms with van der Waals surface area (Å²) in [6.07, 6.45) is -0.268. The maximum atomic E-state index is 12.0. The summed E-state index contributed by atoms with van der Waals surface area (Å²) in [6, 6.07) is 4.00. The van der Waals surface area contributed by atoms with Crippen LogP contribution in [0.3, 0.4) is 0 Å². The molecular formula is C12H16IN4O3-. The molecular weight excluding hydrogens is 375 g/mol. The fourth-order valence-electron chi connectivity index (χ4n) is 1.72. The van der Waals surface area contributed by atoms with Gasteiger partial charge in [0.05, 0.1) is 0 Å².